The van der Waals surface area contributed by atoms with Crippen molar-refractivity contribution in [1.82, 2.24) is 4.98 Å². The number of halogens is 1. The fraction of sp³-hybridized carbons (Fsp3) is 0.440. The summed E-state index contributed by atoms with van der Waals surface area (Å²) in [6.07, 6.45) is 9.84. The zero-order valence-corrected chi connectivity index (χ0v) is 16.7. The van der Waals surface area contributed by atoms with Gasteiger partial charge in [0.1, 0.15) is 11.9 Å². The number of ether oxygens (including phenoxy) is 1. The van der Waals surface area contributed by atoms with Crippen molar-refractivity contribution in [2.24, 2.45) is 23.7 Å². The molecule has 2 heterocycles. The third-order valence-corrected chi connectivity index (χ3v) is 7.08. The number of nitrogens with zero attached hydrogens (tertiary/aromatic N) is 1. The first kappa shape index (κ1) is 18.5. The van der Waals surface area contributed by atoms with Crippen molar-refractivity contribution in [2.45, 2.75) is 45.1 Å². The summed E-state index contributed by atoms with van der Waals surface area (Å²) in [7, 11) is 0. The van der Waals surface area contributed by atoms with E-state index >= 15 is 0 Å². The highest BCUT2D eigenvalue weighted by Gasteiger charge is 2.51. The number of cyclic esters (lactones) is 1. The Bertz CT molecular complexity index is 952. The molecule has 0 radical (unpaired) electrons. The predicted molar refractivity (Wildman–Crippen MR) is 110 cm³/mol. The van der Waals surface area contributed by atoms with E-state index < -0.39 is 0 Å². The maximum absolute atomic E-state index is 13.5. The Morgan fingerprint density at radius 2 is 1.97 bits per heavy atom. The van der Waals surface area contributed by atoms with Crippen LogP contribution < -0.4 is 0 Å². The molecule has 29 heavy (non-hydrogen) atoms. The Hall–Kier alpha value is -2.49. The first-order valence-corrected chi connectivity index (χ1v) is 10.7. The molecule has 2 aromatic rings. The van der Waals surface area contributed by atoms with Crippen molar-refractivity contribution >= 4 is 12.0 Å². The van der Waals surface area contributed by atoms with E-state index in [-0.39, 0.29) is 29.7 Å². The molecule has 1 saturated heterocycles. The summed E-state index contributed by atoms with van der Waals surface area (Å²) in [6.45, 7) is 2.03. The standard InChI is InChI=1S/C25H26FNO2/c1-15-24-22(21-8-3-2-5-17(21)12-23(24)25(28)29-15)13-20-10-9-18(14-27-20)16-6-4-7-19(26)11-16/h4,6-7,9-11,13-15,17,21,23-24H,2-3,5,8,12H2,1H3/b22-13+/t15-,17+,21?,23?,24+/m1/s1. The van der Waals surface area contributed by atoms with Gasteiger partial charge in [-0.3, -0.25) is 9.78 Å². The highest BCUT2D eigenvalue weighted by molar-refractivity contribution is 5.77. The van der Waals surface area contributed by atoms with Crippen LogP contribution >= 0.6 is 0 Å². The Morgan fingerprint density at radius 1 is 1.10 bits per heavy atom. The van der Waals surface area contributed by atoms with Gasteiger partial charge in [-0.05, 0) is 67.9 Å². The maximum atomic E-state index is 13.5. The van der Waals surface area contributed by atoms with E-state index in [0.717, 1.165) is 23.2 Å². The lowest BCUT2D eigenvalue weighted by molar-refractivity contribution is -0.144. The lowest BCUT2D eigenvalue weighted by Gasteiger charge is -2.43. The SMILES string of the molecule is C[C@H]1OC(=O)C2C[C@@H]3CCCCC3/C(=C\c3ccc(-c4cccc(F)c4)cn3)[C@@H]21. The molecule has 4 heteroatoms. The second-order valence-corrected chi connectivity index (χ2v) is 8.79. The molecular formula is C25H26FNO2. The molecule has 0 N–H and O–H groups in total. The second-order valence-electron chi connectivity index (χ2n) is 8.79. The number of carbonyl (C=O) groups is 1. The summed E-state index contributed by atoms with van der Waals surface area (Å²) in [4.78, 5) is 17.1. The van der Waals surface area contributed by atoms with Crippen molar-refractivity contribution in [3.05, 3.63) is 59.7 Å². The fourth-order valence-electron chi connectivity index (χ4n) is 5.77. The molecule has 3 nitrogen and oxygen atoms in total. The van der Waals surface area contributed by atoms with E-state index in [1.54, 1.807) is 12.3 Å². The molecule has 5 atom stereocenters. The summed E-state index contributed by atoms with van der Waals surface area (Å²) in [5.41, 5.74) is 3.98. The Kier molecular flexibility index (Phi) is 4.73. The molecule has 0 amide bonds. The Labute approximate surface area is 171 Å². The van der Waals surface area contributed by atoms with E-state index in [0.29, 0.717) is 11.8 Å². The number of benzene rings is 1. The highest BCUT2D eigenvalue weighted by atomic mass is 19.1. The normalized spacial score (nSPS) is 32.6. The van der Waals surface area contributed by atoms with Gasteiger partial charge in [-0.2, -0.15) is 0 Å². The molecule has 5 rings (SSSR count). The lowest BCUT2D eigenvalue weighted by atomic mass is 9.60. The minimum Gasteiger partial charge on any atom is -0.462 e. The van der Waals surface area contributed by atoms with Gasteiger partial charge in [-0.15, -0.1) is 0 Å². The van der Waals surface area contributed by atoms with Crippen molar-refractivity contribution in [2.75, 3.05) is 0 Å². The van der Waals surface area contributed by atoms with Crippen LogP contribution in [-0.2, 0) is 9.53 Å². The molecule has 150 valence electrons. The number of hydrogen-bond acceptors (Lipinski definition) is 3. The van der Waals surface area contributed by atoms with Crippen molar-refractivity contribution in [3.63, 3.8) is 0 Å². The zero-order valence-electron chi connectivity index (χ0n) is 16.7. The molecule has 1 aliphatic heterocycles. The van der Waals surface area contributed by atoms with Crippen LogP contribution in [0, 0.1) is 29.5 Å². The molecule has 0 spiro atoms. The van der Waals surface area contributed by atoms with Crippen LogP contribution in [0.15, 0.2) is 48.2 Å². The molecule has 2 unspecified atom stereocenters. The van der Waals surface area contributed by atoms with Gasteiger partial charge >= 0.3 is 5.97 Å². The van der Waals surface area contributed by atoms with Crippen LogP contribution in [0.2, 0.25) is 0 Å². The molecule has 3 aliphatic rings. The van der Waals surface area contributed by atoms with E-state index in [9.17, 15) is 9.18 Å². The summed E-state index contributed by atoms with van der Waals surface area (Å²) < 4.78 is 19.2. The summed E-state index contributed by atoms with van der Waals surface area (Å²) >= 11 is 0. The lowest BCUT2D eigenvalue weighted by Crippen LogP contribution is -2.38. The average molecular weight is 391 g/mol. The fourth-order valence-corrected chi connectivity index (χ4v) is 5.77. The van der Waals surface area contributed by atoms with Crippen LogP contribution in [0.1, 0.15) is 44.7 Å². The molecule has 2 saturated carbocycles. The molecular weight excluding hydrogens is 365 g/mol. The molecule has 1 aromatic heterocycles. The average Bonchev–Trinajstić information content (AvgIpc) is 3.02. The molecule has 3 fully saturated rings. The predicted octanol–water partition coefficient (Wildman–Crippen LogP) is 5.66. The van der Waals surface area contributed by atoms with E-state index in [1.165, 1.54) is 43.4 Å². The molecule has 2 aliphatic carbocycles. The summed E-state index contributed by atoms with van der Waals surface area (Å²) in [6, 6.07) is 10.6. The van der Waals surface area contributed by atoms with Gasteiger partial charge in [0.05, 0.1) is 11.6 Å². The van der Waals surface area contributed by atoms with Crippen LogP contribution in [0.5, 0.6) is 0 Å². The van der Waals surface area contributed by atoms with Crippen molar-refractivity contribution in [1.29, 1.82) is 0 Å². The number of pyridine rings is 1. The number of fused-ring (bicyclic) bond motifs is 2. The van der Waals surface area contributed by atoms with Crippen LogP contribution in [0.4, 0.5) is 4.39 Å². The van der Waals surface area contributed by atoms with Crippen LogP contribution in [0.3, 0.4) is 0 Å². The zero-order chi connectivity index (χ0) is 20.0. The number of aromatic nitrogens is 1. The van der Waals surface area contributed by atoms with Crippen LogP contribution in [0.25, 0.3) is 17.2 Å². The largest absolute Gasteiger partial charge is 0.462 e. The third-order valence-electron chi connectivity index (χ3n) is 7.08. The quantitative estimate of drug-likeness (QED) is 0.620. The van der Waals surface area contributed by atoms with Gasteiger partial charge in [-0.25, -0.2) is 4.39 Å². The van der Waals surface area contributed by atoms with Gasteiger partial charge in [0.25, 0.3) is 0 Å². The van der Waals surface area contributed by atoms with Gasteiger partial charge in [0.2, 0.25) is 0 Å². The number of carbonyl (C=O) groups excluding carboxylic acids is 1. The topological polar surface area (TPSA) is 39.2 Å². The Balaban J connectivity index is 1.49. The van der Waals surface area contributed by atoms with E-state index in [4.69, 9.17) is 4.74 Å². The molecule has 0 bridgehead atoms. The highest BCUT2D eigenvalue weighted by Crippen LogP contribution is 2.53. The second kappa shape index (κ2) is 7.40. The minimum absolute atomic E-state index is 0.00201. The van der Waals surface area contributed by atoms with Crippen molar-refractivity contribution < 1.29 is 13.9 Å². The molecule has 1 aromatic carbocycles. The summed E-state index contributed by atoms with van der Waals surface area (Å²) in [5, 5.41) is 0. The van der Waals surface area contributed by atoms with Crippen LogP contribution in [-0.4, -0.2) is 17.1 Å². The van der Waals surface area contributed by atoms with Gasteiger partial charge in [0, 0.05) is 17.7 Å². The third kappa shape index (κ3) is 3.39. The van der Waals surface area contributed by atoms with Gasteiger partial charge < -0.3 is 4.74 Å². The monoisotopic (exact) mass is 391 g/mol. The number of hydrogen-bond donors (Lipinski definition) is 0. The van der Waals surface area contributed by atoms with Gasteiger partial charge in [-0.1, -0.05) is 36.6 Å². The van der Waals surface area contributed by atoms with Crippen molar-refractivity contribution in [3.8, 4) is 11.1 Å². The number of rotatable bonds is 2. The minimum atomic E-state index is -0.245. The Morgan fingerprint density at radius 3 is 2.76 bits per heavy atom. The first-order chi connectivity index (χ1) is 14.1. The maximum Gasteiger partial charge on any atom is 0.309 e. The van der Waals surface area contributed by atoms with E-state index in [1.807, 2.05) is 25.1 Å². The van der Waals surface area contributed by atoms with Gasteiger partial charge in [0.15, 0.2) is 0 Å². The summed E-state index contributed by atoms with van der Waals surface area (Å²) in [5.74, 6) is 1.03. The van der Waals surface area contributed by atoms with E-state index in [2.05, 4.69) is 11.1 Å². The number of esters is 1. The smallest absolute Gasteiger partial charge is 0.309 e. The first-order valence-electron chi connectivity index (χ1n) is 10.7.